The highest BCUT2D eigenvalue weighted by Crippen LogP contribution is 2.26. The maximum Gasteiger partial charge on any atom is 0.308 e. The molecule has 1 aromatic heterocycles. The lowest BCUT2D eigenvalue weighted by Gasteiger charge is -2.27. The normalized spacial score (nSPS) is 16.3. The minimum absolute atomic E-state index is 0.00368. The molecule has 26 heavy (non-hydrogen) atoms. The number of ether oxygens (including phenoxy) is 1. The number of non-ortho nitro benzene ring substituents is 1. The molecule has 1 aromatic carbocycles. The number of carboxylic acids is 1. The molecule has 2 aromatic rings. The minimum Gasteiger partial charge on any atom is -0.481 e. The number of aliphatic carboxylic acids is 1. The number of aromatic nitrogens is 1. The number of aromatic amines is 1. The highest BCUT2D eigenvalue weighted by molar-refractivity contribution is 6.00. The van der Waals surface area contributed by atoms with E-state index in [1.165, 1.54) is 12.1 Å². The number of nitrogens with zero attached hydrogens (tertiary/aromatic N) is 1. The van der Waals surface area contributed by atoms with Crippen LogP contribution in [0.5, 0.6) is 0 Å². The van der Waals surface area contributed by atoms with E-state index in [9.17, 15) is 24.8 Å². The molecule has 0 spiro atoms. The van der Waals surface area contributed by atoms with Crippen molar-refractivity contribution < 1.29 is 24.4 Å². The number of carbonyl (C=O) groups excluding carboxylic acids is 1. The standard InChI is InChI=1S/C17H19N3O6/c21-16(18-9-12(17(22)23)10-4-6-26-7-5-10)13-8-11-2-1-3-14(20(24)25)15(11)19-13/h1-3,8,10,12,19H,4-7,9H2,(H,18,21)(H,22,23). The van der Waals surface area contributed by atoms with E-state index in [0.717, 1.165) is 0 Å². The number of fused-ring (bicyclic) bond motifs is 1. The van der Waals surface area contributed by atoms with Crippen LogP contribution in [0.4, 0.5) is 5.69 Å². The van der Waals surface area contributed by atoms with E-state index in [-0.39, 0.29) is 29.4 Å². The number of carbonyl (C=O) groups is 2. The van der Waals surface area contributed by atoms with Crippen LogP contribution in [0.2, 0.25) is 0 Å². The Kier molecular flexibility index (Phi) is 5.17. The summed E-state index contributed by atoms with van der Waals surface area (Å²) in [5.74, 6) is -2.19. The van der Waals surface area contributed by atoms with Crippen LogP contribution in [0.25, 0.3) is 10.9 Å². The van der Waals surface area contributed by atoms with Gasteiger partial charge in [-0.05, 0) is 24.8 Å². The van der Waals surface area contributed by atoms with E-state index in [0.29, 0.717) is 31.4 Å². The van der Waals surface area contributed by atoms with Gasteiger partial charge in [-0.15, -0.1) is 0 Å². The van der Waals surface area contributed by atoms with Crippen molar-refractivity contribution in [2.24, 2.45) is 11.8 Å². The van der Waals surface area contributed by atoms with Gasteiger partial charge in [0, 0.05) is 31.2 Å². The number of H-pyrrole nitrogens is 1. The van der Waals surface area contributed by atoms with Gasteiger partial charge in [0.15, 0.2) is 0 Å². The fourth-order valence-corrected chi connectivity index (χ4v) is 3.29. The van der Waals surface area contributed by atoms with Crippen LogP contribution in [-0.2, 0) is 9.53 Å². The number of nitro benzene ring substituents is 1. The van der Waals surface area contributed by atoms with Crippen molar-refractivity contribution in [2.45, 2.75) is 12.8 Å². The third-order valence-corrected chi connectivity index (χ3v) is 4.71. The number of rotatable bonds is 6. The molecule has 9 nitrogen and oxygen atoms in total. The molecule has 138 valence electrons. The number of hydrogen-bond donors (Lipinski definition) is 3. The maximum absolute atomic E-state index is 12.4. The Morgan fingerprint density at radius 3 is 2.77 bits per heavy atom. The summed E-state index contributed by atoms with van der Waals surface area (Å²) in [5.41, 5.74) is 0.305. The molecule has 9 heteroatoms. The lowest BCUT2D eigenvalue weighted by molar-refractivity contribution is -0.383. The highest BCUT2D eigenvalue weighted by atomic mass is 16.6. The molecule has 1 fully saturated rings. The highest BCUT2D eigenvalue weighted by Gasteiger charge is 2.30. The minimum atomic E-state index is -0.954. The smallest absolute Gasteiger partial charge is 0.308 e. The first-order chi connectivity index (χ1) is 12.5. The van der Waals surface area contributed by atoms with Crippen LogP contribution in [-0.4, -0.2) is 46.6 Å². The van der Waals surface area contributed by atoms with Gasteiger partial charge in [-0.3, -0.25) is 19.7 Å². The first-order valence-electron chi connectivity index (χ1n) is 8.32. The largest absolute Gasteiger partial charge is 0.481 e. The van der Waals surface area contributed by atoms with E-state index < -0.39 is 22.7 Å². The van der Waals surface area contributed by atoms with Gasteiger partial charge in [0.25, 0.3) is 11.6 Å². The Labute approximate surface area is 148 Å². The van der Waals surface area contributed by atoms with Gasteiger partial charge in [0.05, 0.1) is 10.8 Å². The molecular weight excluding hydrogens is 342 g/mol. The quantitative estimate of drug-likeness (QED) is 0.531. The van der Waals surface area contributed by atoms with Gasteiger partial charge in [-0.1, -0.05) is 12.1 Å². The fraction of sp³-hybridized carbons (Fsp3) is 0.412. The SMILES string of the molecule is O=C(NCC(C(=O)O)C1CCOCC1)c1cc2cccc([N+](=O)[O-])c2[nH]1. The van der Waals surface area contributed by atoms with Crippen LogP contribution >= 0.6 is 0 Å². The third kappa shape index (κ3) is 3.67. The van der Waals surface area contributed by atoms with Gasteiger partial charge in [-0.2, -0.15) is 0 Å². The molecule has 1 unspecified atom stereocenters. The van der Waals surface area contributed by atoms with E-state index in [4.69, 9.17) is 4.74 Å². The molecule has 3 N–H and O–H groups in total. The zero-order valence-electron chi connectivity index (χ0n) is 13.9. The van der Waals surface area contributed by atoms with Crippen molar-refractivity contribution in [3.05, 3.63) is 40.1 Å². The number of benzene rings is 1. The fourth-order valence-electron chi connectivity index (χ4n) is 3.29. The molecule has 1 atom stereocenters. The Balaban J connectivity index is 1.73. The summed E-state index contributed by atoms with van der Waals surface area (Å²) in [7, 11) is 0. The number of amides is 1. The van der Waals surface area contributed by atoms with Crippen molar-refractivity contribution in [1.82, 2.24) is 10.3 Å². The summed E-state index contributed by atoms with van der Waals surface area (Å²) in [6.07, 6.45) is 1.29. The van der Waals surface area contributed by atoms with Crippen molar-refractivity contribution in [2.75, 3.05) is 19.8 Å². The number of para-hydroxylation sites is 1. The van der Waals surface area contributed by atoms with Crippen LogP contribution in [0.15, 0.2) is 24.3 Å². The van der Waals surface area contributed by atoms with Crippen LogP contribution < -0.4 is 5.32 Å². The van der Waals surface area contributed by atoms with Crippen LogP contribution in [0, 0.1) is 22.0 Å². The summed E-state index contributed by atoms with van der Waals surface area (Å²) in [6, 6.07) is 6.08. The molecule has 3 rings (SSSR count). The molecule has 1 aliphatic rings. The average Bonchev–Trinajstić information content (AvgIpc) is 3.06. The monoisotopic (exact) mass is 361 g/mol. The Morgan fingerprint density at radius 1 is 1.38 bits per heavy atom. The summed E-state index contributed by atoms with van der Waals surface area (Å²) in [5, 5.41) is 23.7. The number of nitrogens with one attached hydrogen (secondary N) is 2. The van der Waals surface area contributed by atoms with E-state index in [2.05, 4.69) is 10.3 Å². The van der Waals surface area contributed by atoms with E-state index in [1.54, 1.807) is 12.1 Å². The molecular formula is C17H19N3O6. The van der Waals surface area contributed by atoms with E-state index >= 15 is 0 Å². The Morgan fingerprint density at radius 2 is 2.12 bits per heavy atom. The summed E-state index contributed by atoms with van der Waals surface area (Å²) >= 11 is 0. The first-order valence-corrected chi connectivity index (χ1v) is 8.32. The molecule has 0 saturated carbocycles. The summed E-state index contributed by atoms with van der Waals surface area (Å²) in [6.45, 7) is 1.04. The number of hydrogen-bond acceptors (Lipinski definition) is 5. The van der Waals surface area contributed by atoms with Gasteiger partial charge < -0.3 is 20.1 Å². The Hall–Kier alpha value is -2.94. The lowest BCUT2D eigenvalue weighted by atomic mass is 9.86. The van der Waals surface area contributed by atoms with Crippen LogP contribution in [0.1, 0.15) is 23.3 Å². The predicted octanol–water partition coefficient (Wildman–Crippen LogP) is 1.93. The second-order valence-electron chi connectivity index (χ2n) is 6.29. The molecule has 1 amide bonds. The van der Waals surface area contributed by atoms with Crippen molar-refractivity contribution in [3.8, 4) is 0 Å². The van der Waals surface area contributed by atoms with E-state index in [1.807, 2.05) is 0 Å². The van der Waals surface area contributed by atoms with Gasteiger partial charge in [0.1, 0.15) is 11.2 Å². The third-order valence-electron chi connectivity index (χ3n) is 4.71. The van der Waals surface area contributed by atoms with Gasteiger partial charge in [0.2, 0.25) is 0 Å². The summed E-state index contributed by atoms with van der Waals surface area (Å²) < 4.78 is 5.25. The van der Waals surface area contributed by atoms with Crippen molar-refractivity contribution in [3.63, 3.8) is 0 Å². The van der Waals surface area contributed by atoms with Crippen LogP contribution in [0.3, 0.4) is 0 Å². The molecule has 0 radical (unpaired) electrons. The maximum atomic E-state index is 12.4. The first kappa shape index (κ1) is 17.9. The second kappa shape index (κ2) is 7.52. The van der Waals surface area contributed by atoms with Crippen molar-refractivity contribution >= 4 is 28.5 Å². The Bertz CT molecular complexity index is 840. The second-order valence-corrected chi connectivity index (χ2v) is 6.29. The van der Waals surface area contributed by atoms with Crippen molar-refractivity contribution in [1.29, 1.82) is 0 Å². The lowest BCUT2D eigenvalue weighted by Crippen LogP contribution is -2.39. The van der Waals surface area contributed by atoms with Gasteiger partial charge >= 0.3 is 5.97 Å². The summed E-state index contributed by atoms with van der Waals surface area (Å²) in [4.78, 5) is 37.2. The molecule has 0 aliphatic carbocycles. The predicted molar refractivity (Wildman–Crippen MR) is 92.0 cm³/mol. The van der Waals surface area contributed by atoms with Gasteiger partial charge in [-0.25, -0.2) is 0 Å². The molecule has 1 saturated heterocycles. The molecule has 2 heterocycles. The number of nitro groups is 1. The number of carboxylic acid groups (broad SMARTS) is 1. The average molecular weight is 361 g/mol. The zero-order valence-corrected chi connectivity index (χ0v) is 13.9. The zero-order chi connectivity index (χ0) is 18.7. The molecule has 0 bridgehead atoms. The molecule has 1 aliphatic heterocycles. The topological polar surface area (TPSA) is 135 Å².